The van der Waals surface area contributed by atoms with Gasteiger partial charge in [-0.25, -0.2) is 0 Å². The summed E-state index contributed by atoms with van der Waals surface area (Å²) in [7, 11) is 1.66. The molecule has 0 aliphatic carbocycles. The minimum atomic E-state index is 0.0930. The summed E-state index contributed by atoms with van der Waals surface area (Å²) >= 11 is 0. The molecule has 4 nitrogen and oxygen atoms in total. The molecule has 104 valence electrons. The minimum Gasteiger partial charge on any atom is -0.380 e. The van der Waals surface area contributed by atoms with Crippen molar-refractivity contribution in [2.45, 2.75) is 25.9 Å². The molecule has 0 aromatic heterocycles. The zero-order chi connectivity index (χ0) is 13.5. The maximum atomic E-state index is 12.0. The van der Waals surface area contributed by atoms with Crippen LogP contribution in [0, 0.1) is 5.92 Å². The van der Waals surface area contributed by atoms with Crippen molar-refractivity contribution in [3.8, 4) is 0 Å². The molecule has 1 atom stereocenters. The van der Waals surface area contributed by atoms with Gasteiger partial charge in [0.2, 0.25) is 5.91 Å². The molecular formula is C15H22N2O2. The van der Waals surface area contributed by atoms with Crippen molar-refractivity contribution in [3.63, 3.8) is 0 Å². The van der Waals surface area contributed by atoms with Crippen LogP contribution in [0.2, 0.25) is 0 Å². The zero-order valence-corrected chi connectivity index (χ0v) is 11.4. The molecule has 1 aromatic carbocycles. The summed E-state index contributed by atoms with van der Waals surface area (Å²) in [6.07, 6.45) is 2.74. The largest absolute Gasteiger partial charge is 0.380 e. The molecule has 1 aliphatic rings. The summed E-state index contributed by atoms with van der Waals surface area (Å²) in [6, 6.07) is 7.77. The maximum absolute atomic E-state index is 12.0. The third-order valence-corrected chi connectivity index (χ3v) is 3.53. The number of hydrogen-bond acceptors (Lipinski definition) is 3. The number of ether oxygens (including phenoxy) is 1. The highest BCUT2D eigenvalue weighted by molar-refractivity contribution is 5.91. The van der Waals surface area contributed by atoms with Crippen LogP contribution >= 0.6 is 0 Å². The molecule has 0 saturated carbocycles. The highest BCUT2D eigenvalue weighted by Gasteiger charge is 2.16. The number of carbonyl (C=O) groups excluding carboxylic acids is 1. The second-order valence-corrected chi connectivity index (χ2v) is 5.04. The van der Waals surface area contributed by atoms with Crippen molar-refractivity contribution < 1.29 is 9.53 Å². The van der Waals surface area contributed by atoms with Crippen LogP contribution in [0.3, 0.4) is 0 Å². The fourth-order valence-electron chi connectivity index (χ4n) is 2.43. The van der Waals surface area contributed by atoms with Crippen molar-refractivity contribution in [2.75, 3.05) is 25.5 Å². The Morgan fingerprint density at radius 3 is 3.05 bits per heavy atom. The fraction of sp³-hybridized carbons (Fsp3) is 0.533. The monoisotopic (exact) mass is 262 g/mol. The molecule has 0 spiro atoms. The van der Waals surface area contributed by atoms with Gasteiger partial charge in [-0.05, 0) is 37.9 Å². The van der Waals surface area contributed by atoms with E-state index in [9.17, 15) is 4.79 Å². The predicted octanol–water partition coefficient (Wildman–Crippen LogP) is 2.16. The Morgan fingerprint density at radius 1 is 1.47 bits per heavy atom. The summed E-state index contributed by atoms with van der Waals surface area (Å²) in [6.45, 7) is 2.65. The molecule has 19 heavy (non-hydrogen) atoms. The molecule has 2 N–H and O–H groups in total. The first kappa shape index (κ1) is 14.0. The molecular weight excluding hydrogens is 240 g/mol. The topological polar surface area (TPSA) is 50.4 Å². The summed E-state index contributed by atoms with van der Waals surface area (Å²) in [5.41, 5.74) is 1.87. The van der Waals surface area contributed by atoms with Crippen LogP contribution in [0.15, 0.2) is 24.3 Å². The normalized spacial score (nSPS) is 18.5. The van der Waals surface area contributed by atoms with E-state index in [1.165, 1.54) is 6.42 Å². The van der Waals surface area contributed by atoms with Crippen LogP contribution in [-0.4, -0.2) is 26.1 Å². The van der Waals surface area contributed by atoms with E-state index in [1.54, 1.807) is 7.11 Å². The van der Waals surface area contributed by atoms with Crippen LogP contribution in [-0.2, 0) is 16.1 Å². The first-order valence-electron chi connectivity index (χ1n) is 6.87. The van der Waals surface area contributed by atoms with Gasteiger partial charge in [-0.3, -0.25) is 4.79 Å². The standard InChI is InChI=1S/C15H22N2O2/c1-19-11-13-4-2-3-5-14(13)17-15(18)7-6-12-8-9-16-10-12/h2-5,12,16H,6-11H2,1H3,(H,17,18). The number of carbonyl (C=O) groups is 1. The van der Waals surface area contributed by atoms with Gasteiger partial charge in [0.1, 0.15) is 0 Å². The third kappa shape index (κ3) is 4.33. The number of rotatable bonds is 6. The second kappa shape index (κ2) is 7.26. The molecule has 0 radical (unpaired) electrons. The second-order valence-electron chi connectivity index (χ2n) is 5.04. The highest BCUT2D eigenvalue weighted by atomic mass is 16.5. The van der Waals surface area contributed by atoms with Gasteiger partial charge >= 0.3 is 0 Å². The Morgan fingerprint density at radius 2 is 2.32 bits per heavy atom. The van der Waals surface area contributed by atoms with Gasteiger partial charge in [-0.15, -0.1) is 0 Å². The van der Waals surface area contributed by atoms with Crippen LogP contribution in [0.5, 0.6) is 0 Å². The molecule has 1 aliphatic heterocycles. The average Bonchev–Trinajstić information content (AvgIpc) is 2.92. The zero-order valence-electron chi connectivity index (χ0n) is 11.4. The molecule has 1 amide bonds. The fourth-order valence-corrected chi connectivity index (χ4v) is 2.43. The van der Waals surface area contributed by atoms with Crippen molar-refractivity contribution in [3.05, 3.63) is 29.8 Å². The molecule has 0 bridgehead atoms. The van der Waals surface area contributed by atoms with Gasteiger partial charge in [-0.1, -0.05) is 18.2 Å². The highest BCUT2D eigenvalue weighted by Crippen LogP contribution is 2.18. The molecule has 1 heterocycles. The van der Waals surface area contributed by atoms with Gasteiger partial charge in [-0.2, -0.15) is 0 Å². The third-order valence-electron chi connectivity index (χ3n) is 3.53. The summed E-state index contributed by atoms with van der Waals surface area (Å²) in [5.74, 6) is 0.746. The smallest absolute Gasteiger partial charge is 0.224 e. The number of nitrogens with one attached hydrogen (secondary N) is 2. The Kier molecular flexibility index (Phi) is 5.36. The van der Waals surface area contributed by atoms with E-state index in [-0.39, 0.29) is 5.91 Å². The first-order valence-corrected chi connectivity index (χ1v) is 6.87. The first-order chi connectivity index (χ1) is 9.29. The van der Waals surface area contributed by atoms with Crippen molar-refractivity contribution in [1.29, 1.82) is 0 Å². The molecule has 1 unspecified atom stereocenters. The molecule has 2 rings (SSSR count). The van der Waals surface area contributed by atoms with Gasteiger partial charge in [0.15, 0.2) is 0 Å². The lowest BCUT2D eigenvalue weighted by atomic mass is 10.0. The lowest BCUT2D eigenvalue weighted by Crippen LogP contribution is -2.16. The lowest BCUT2D eigenvalue weighted by molar-refractivity contribution is -0.116. The number of anilines is 1. The van der Waals surface area contributed by atoms with Gasteiger partial charge in [0.25, 0.3) is 0 Å². The Labute approximate surface area is 114 Å². The van der Waals surface area contributed by atoms with E-state index in [4.69, 9.17) is 4.74 Å². The molecule has 1 aromatic rings. The van der Waals surface area contributed by atoms with E-state index >= 15 is 0 Å². The predicted molar refractivity (Wildman–Crippen MR) is 76.0 cm³/mol. The van der Waals surface area contributed by atoms with E-state index < -0.39 is 0 Å². The number of benzene rings is 1. The van der Waals surface area contributed by atoms with E-state index in [0.29, 0.717) is 18.9 Å². The number of methoxy groups -OCH3 is 1. The van der Waals surface area contributed by atoms with Crippen LogP contribution in [0.1, 0.15) is 24.8 Å². The Balaban J connectivity index is 1.83. The van der Waals surface area contributed by atoms with Crippen molar-refractivity contribution >= 4 is 11.6 Å². The lowest BCUT2D eigenvalue weighted by Gasteiger charge is -2.11. The average molecular weight is 262 g/mol. The number of amides is 1. The van der Waals surface area contributed by atoms with Crippen molar-refractivity contribution in [1.82, 2.24) is 5.32 Å². The number of para-hydroxylation sites is 1. The Hall–Kier alpha value is -1.39. The molecule has 1 fully saturated rings. The van der Waals surface area contributed by atoms with E-state index in [2.05, 4.69) is 10.6 Å². The van der Waals surface area contributed by atoms with Crippen LogP contribution in [0.25, 0.3) is 0 Å². The maximum Gasteiger partial charge on any atom is 0.224 e. The van der Waals surface area contributed by atoms with E-state index in [0.717, 1.165) is 30.8 Å². The van der Waals surface area contributed by atoms with Crippen molar-refractivity contribution in [2.24, 2.45) is 5.92 Å². The van der Waals surface area contributed by atoms with Gasteiger partial charge in [0.05, 0.1) is 6.61 Å². The Bertz CT molecular complexity index is 414. The SMILES string of the molecule is COCc1ccccc1NC(=O)CCC1CCNC1. The van der Waals surface area contributed by atoms with Gasteiger partial charge < -0.3 is 15.4 Å². The number of hydrogen-bond donors (Lipinski definition) is 2. The molecule has 4 heteroatoms. The quantitative estimate of drug-likeness (QED) is 0.826. The summed E-state index contributed by atoms with van der Waals surface area (Å²) < 4.78 is 5.13. The van der Waals surface area contributed by atoms with E-state index in [1.807, 2.05) is 24.3 Å². The van der Waals surface area contributed by atoms with Crippen LogP contribution in [0.4, 0.5) is 5.69 Å². The van der Waals surface area contributed by atoms with Gasteiger partial charge in [0, 0.05) is 24.8 Å². The molecule has 1 saturated heterocycles. The summed E-state index contributed by atoms with van der Waals surface area (Å²) in [4.78, 5) is 12.0. The summed E-state index contributed by atoms with van der Waals surface area (Å²) in [5, 5.41) is 6.30. The minimum absolute atomic E-state index is 0.0930. The van der Waals surface area contributed by atoms with Crippen LogP contribution < -0.4 is 10.6 Å².